The van der Waals surface area contributed by atoms with Crippen LogP contribution < -0.4 is 4.90 Å². The van der Waals surface area contributed by atoms with Crippen LogP contribution in [-0.4, -0.2) is 36.6 Å². The van der Waals surface area contributed by atoms with E-state index in [1.807, 2.05) is 43.3 Å². The molecule has 0 aliphatic carbocycles. The Balaban J connectivity index is 1.71. The molecule has 28 heavy (non-hydrogen) atoms. The van der Waals surface area contributed by atoms with Crippen molar-refractivity contribution >= 4 is 22.9 Å². The Bertz CT molecular complexity index is 961. The lowest BCUT2D eigenvalue weighted by molar-refractivity contribution is 0.0696. The lowest BCUT2D eigenvalue weighted by Crippen LogP contribution is -2.40. The predicted molar refractivity (Wildman–Crippen MR) is 114 cm³/mol. The van der Waals surface area contributed by atoms with Gasteiger partial charge < -0.3 is 14.9 Å². The molecule has 4 rings (SSSR count). The van der Waals surface area contributed by atoms with Crippen LogP contribution in [0.4, 0.5) is 5.69 Å². The number of hydrogen-bond acceptors (Lipinski definition) is 4. The molecule has 3 aromatic rings. The number of nitrogens with zero attached hydrogens (tertiary/aromatic N) is 2. The van der Waals surface area contributed by atoms with Crippen molar-refractivity contribution in [1.82, 2.24) is 4.90 Å². The number of amides is 1. The van der Waals surface area contributed by atoms with Crippen molar-refractivity contribution in [2.45, 2.75) is 19.1 Å². The summed E-state index contributed by atoms with van der Waals surface area (Å²) in [5, 5.41) is 11.4. The fraction of sp³-hybridized carbons (Fsp3) is 0.261. The zero-order valence-corrected chi connectivity index (χ0v) is 16.9. The van der Waals surface area contributed by atoms with Crippen LogP contribution in [0.2, 0.25) is 0 Å². The van der Waals surface area contributed by atoms with Gasteiger partial charge >= 0.3 is 0 Å². The topological polar surface area (TPSA) is 43.8 Å². The second kappa shape index (κ2) is 7.78. The van der Waals surface area contributed by atoms with Gasteiger partial charge in [0.1, 0.15) is 0 Å². The number of hydrogen-bond donors (Lipinski definition) is 1. The second-order valence-corrected chi connectivity index (χ2v) is 8.29. The van der Waals surface area contributed by atoms with Crippen molar-refractivity contribution in [2.24, 2.45) is 0 Å². The molecule has 1 unspecified atom stereocenters. The van der Waals surface area contributed by atoms with Crippen LogP contribution in [0.1, 0.15) is 38.0 Å². The first-order valence-corrected chi connectivity index (χ1v) is 10.3. The van der Waals surface area contributed by atoms with E-state index in [9.17, 15) is 9.90 Å². The number of carbonyl (C=O) groups is 1. The first kappa shape index (κ1) is 18.7. The Hall–Kier alpha value is -2.63. The first-order valence-electron chi connectivity index (χ1n) is 9.43. The second-order valence-electron chi connectivity index (χ2n) is 7.29. The highest BCUT2D eigenvalue weighted by atomic mass is 32.1. The number of anilines is 1. The van der Waals surface area contributed by atoms with Gasteiger partial charge in [-0.1, -0.05) is 24.3 Å². The quantitative estimate of drug-likeness (QED) is 0.727. The number of aliphatic hydroxyl groups excluding tert-OH is 1. The molecule has 4 nitrogen and oxygen atoms in total. The summed E-state index contributed by atoms with van der Waals surface area (Å²) in [5.41, 5.74) is 4.97. The summed E-state index contributed by atoms with van der Waals surface area (Å²) in [5.74, 6) is 0.0306. The van der Waals surface area contributed by atoms with Crippen LogP contribution in [-0.2, 0) is 13.0 Å². The summed E-state index contributed by atoms with van der Waals surface area (Å²) >= 11 is 1.77. The zero-order chi connectivity index (χ0) is 19.7. The highest BCUT2D eigenvalue weighted by molar-refractivity contribution is 7.10. The molecule has 0 bridgehead atoms. The van der Waals surface area contributed by atoms with Crippen LogP contribution >= 0.6 is 11.3 Å². The van der Waals surface area contributed by atoms with Crippen LogP contribution in [0.25, 0.3) is 0 Å². The third-order valence-corrected chi connectivity index (χ3v) is 6.33. The maximum atomic E-state index is 13.3. The number of carbonyl (C=O) groups excluding carboxylic acids is 1. The molecule has 0 saturated carbocycles. The molecule has 0 spiro atoms. The van der Waals surface area contributed by atoms with E-state index in [2.05, 4.69) is 40.6 Å². The normalized spacial score (nSPS) is 16.0. The smallest absolute Gasteiger partial charge is 0.254 e. The van der Waals surface area contributed by atoms with Crippen LogP contribution in [0.15, 0.2) is 60.0 Å². The largest absolute Gasteiger partial charge is 0.392 e. The van der Waals surface area contributed by atoms with Crippen molar-refractivity contribution in [3.8, 4) is 0 Å². The van der Waals surface area contributed by atoms with Crippen molar-refractivity contribution < 1.29 is 9.90 Å². The number of thiophene rings is 1. The van der Waals surface area contributed by atoms with Crippen LogP contribution in [0.5, 0.6) is 0 Å². The number of benzene rings is 2. The molecule has 1 amide bonds. The molecule has 1 atom stereocenters. The maximum Gasteiger partial charge on any atom is 0.254 e. The van der Waals surface area contributed by atoms with Crippen LogP contribution in [0.3, 0.4) is 0 Å². The van der Waals surface area contributed by atoms with E-state index < -0.39 is 0 Å². The molecule has 2 heterocycles. The summed E-state index contributed by atoms with van der Waals surface area (Å²) in [4.78, 5) is 18.8. The monoisotopic (exact) mass is 392 g/mol. The fourth-order valence-electron chi connectivity index (χ4n) is 3.77. The van der Waals surface area contributed by atoms with Gasteiger partial charge in [0.2, 0.25) is 0 Å². The van der Waals surface area contributed by atoms with Gasteiger partial charge in [-0.2, -0.15) is 0 Å². The van der Waals surface area contributed by atoms with Gasteiger partial charge in [-0.15, -0.1) is 11.3 Å². The zero-order valence-electron chi connectivity index (χ0n) is 16.1. The Labute approximate surface area is 169 Å². The molecule has 1 aliphatic rings. The minimum absolute atomic E-state index is 0.0166. The molecule has 0 radical (unpaired) electrons. The van der Waals surface area contributed by atoms with E-state index >= 15 is 0 Å². The van der Waals surface area contributed by atoms with Crippen molar-refractivity contribution in [2.75, 3.05) is 25.5 Å². The molecule has 1 aliphatic heterocycles. The van der Waals surface area contributed by atoms with Crippen molar-refractivity contribution in [3.05, 3.63) is 87.1 Å². The molecule has 0 fully saturated rings. The van der Waals surface area contributed by atoms with Crippen molar-refractivity contribution in [1.29, 1.82) is 0 Å². The van der Waals surface area contributed by atoms with Gasteiger partial charge in [0, 0.05) is 36.8 Å². The van der Waals surface area contributed by atoms with E-state index in [1.165, 1.54) is 10.4 Å². The lowest BCUT2D eigenvalue weighted by atomic mass is 9.92. The molecule has 144 valence electrons. The SMILES string of the molecule is CN(C)c1ccc(C2c3ccsc3CCN2C(=O)c2ccc(CO)cc2)cc1. The van der Waals surface area contributed by atoms with Crippen LogP contribution in [0, 0.1) is 0 Å². The molecule has 2 aromatic carbocycles. The summed E-state index contributed by atoms with van der Waals surface area (Å²) < 4.78 is 0. The Morgan fingerprint density at radius 3 is 2.46 bits per heavy atom. The van der Waals surface area contributed by atoms with Gasteiger partial charge in [-0.25, -0.2) is 0 Å². The molecule has 0 saturated heterocycles. The molecular weight excluding hydrogens is 368 g/mol. The van der Waals surface area contributed by atoms with E-state index in [0.717, 1.165) is 23.2 Å². The molecular formula is C23H24N2O2S. The highest BCUT2D eigenvalue weighted by Crippen LogP contribution is 2.39. The fourth-order valence-corrected chi connectivity index (χ4v) is 4.67. The average Bonchev–Trinajstić information content (AvgIpc) is 3.21. The van der Waals surface area contributed by atoms with E-state index in [1.54, 1.807) is 11.3 Å². The summed E-state index contributed by atoms with van der Waals surface area (Å²) in [7, 11) is 4.05. The van der Waals surface area contributed by atoms with E-state index in [4.69, 9.17) is 0 Å². The van der Waals surface area contributed by atoms with Gasteiger partial charge in [0.15, 0.2) is 0 Å². The van der Waals surface area contributed by atoms with Gasteiger partial charge in [-0.3, -0.25) is 4.79 Å². The van der Waals surface area contributed by atoms with Crippen molar-refractivity contribution in [3.63, 3.8) is 0 Å². The number of fused-ring (bicyclic) bond motifs is 1. The summed E-state index contributed by atoms with van der Waals surface area (Å²) in [6.07, 6.45) is 0.889. The highest BCUT2D eigenvalue weighted by Gasteiger charge is 2.33. The number of aliphatic hydroxyl groups is 1. The minimum atomic E-state index is -0.0729. The molecule has 1 N–H and O–H groups in total. The van der Waals surface area contributed by atoms with Gasteiger partial charge in [-0.05, 0) is 58.8 Å². The van der Waals surface area contributed by atoms with Gasteiger partial charge in [0.05, 0.1) is 12.6 Å². The third-order valence-electron chi connectivity index (χ3n) is 5.34. The van der Waals surface area contributed by atoms with Gasteiger partial charge in [0.25, 0.3) is 5.91 Å². The first-order chi connectivity index (χ1) is 13.6. The number of rotatable bonds is 4. The molecule has 1 aromatic heterocycles. The lowest BCUT2D eigenvalue weighted by Gasteiger charge is -2.36. The van der Waals surface area contributed by atoms with E-state index in [0.29, 0.717) is 12.1 Å². The Morgan fingerprint density at radius 2 is 1.82 bits per heavy atom. The Morgan fingerprint density at radius 1 is 1.11 bits per heavy atom. The van der Waals surface area contributed by atoms with E-state index in [-0.39, 0.29) is 18.6 Å². The standard InChI is InChI=1S/C23H24N2O2S/c1-24(2)19-9-7-17(8-10-19)22-20-12-14-28-21(20)11-13-25(22)23(27)18-5-3-16(15-26)4-6-18/h3-10,12,14,22,26H,11,13,15H2,1-2H3. The Kier molecular flexibility index (Phi) is 5.20. The molecule has 5 heteroatoms. The summed E-state index contributed by atoms with van der Waals surface area (Å²) in [6, 6.07) is 17.8. The maximum absolute atomic E-state index is 13.3. The predicted octanol–water partition coefficient (Wildman–Crippen LogP) is 4.09. The summed E-state index contributed by atoms with van der Waals surface area (Å²) in [6.45, 7) is 0.686. The third kappa shape index (κ3) is 3.43. The minimum Gasteiger partial charge on any atom is -0.392 e. The average molecular weight is 393 g/mol.